The second kappa shape index (κ2) is 6.06. The van der Waals surface area contributed by atoms with Crippen molar-refractivity contribution >= 4 is 86.7 Å². The average molecular weight is 524 g/mol. The molecule has 0 aliphatic carbocycles. The van der Waals surface area contributed by atoms with E-state index in [-0.39, 0.29) is 4.83 Å². The first-order valence-corrected chi connectivity index (χ1v) is 9.01. The molecule has 1 aromatic carbocycles. The Morgan fingerprint density at radius 2 is 1.82 bits per heavy atom. The van der Waals surface area contributed by atoms with Crippen LogP contribution in [0, 0.1) is 0 Å². The summed E-state index contributed by atoms with van der Waals surface area (Å²) >= 11 is 21.9. The Kier molecular flexibility index (Phi) is 5.18. The van der Waals surface area contributed by atoms with Gasteiger partial charge in [0.1, 0.15) is 0 Å². The van der Waals surface area contributed by atoms with Crippen molar-refractivity contribution in [3.63, 3.8) is 0 Å². The number of rotatable bonds is 2. The van der Waals surface area contributed by atoms with Crippen LogP contribution in [-0.2, 0) is 0 Å². The zero-order valence-electron chi connectivity index (χ0n) is 8.18. The van der Waals surface area contributed by atoms with E-state index in [1.54, 1.807) is 11.3 Å². The predicted molar refractivity (Wildman–Crippen MR) is 89.6 cm³/mol. The zero-order valence-corrected chi connectivity index (χ0v) is 16.1. The molecule has 0 aliphatic heterocycles. The van der Waals surface area contributed by atoms with Crippen molar-refractivity contribution in [1.29, 1.82) is 0 Å². The van der Waals surface area contributed by atoms with E-state index in [9.17, 15) is 0 Å². The van der Waals surface area contributed by atoms with Crippen LogP contribution in [0.1, 0.15) is 15.3 Å². The van der Waals surface area contributed by atoms with Crippen LogP contribution >= 0.6 is 86.7 Å². The maximum absolute atomic E-state index is 6.05. The van der Waals surface area contributed by atoms with Crippen LogP contribution in [-0.4, -0.2) is 0 Å². The summed E-state index contributed by atoms with van der Waals surface area (Å²) in [7, 11) is 0. The first-order chi connectivity index (χ1) is 7.99. The number of thiophene rings is 1. The molecule has 0 N–H and O–H groups in total. The van der Waals surface area contributed by atoms with Crippen molar-refractivity contribution < 1.29 is 0 Å². The van der Waals surface area contributed by atoms with Crippen molar-refractivity contribution in [3.05, 3.63) is 52.5 Å². The highest BCUT2D eigenvalue weighted by atomic mass is 79.9. The Hall–Kier alpha value is 1.13. The highest BCUT2D eigenvalue weighted by Crippen LogP contribution is 2.43. The molecule has 0 radical (unpaired) electrons. The van der Waals surface area contributed by atoms with Crippen LogP contribution in [0.5, 0.6) is 0 Å². The Morgan fingerprint density at radius 3 is 2.41 bits per heavy atom. The molecular weight excluding hydrogens is 519 g/mol. The molecule has 0 fully saturated rings. The molecule has 1 aromatic heterocycles. The summed E-state index contributed by atoms with van der Waals surface area (Å²) < 4.78 is 3.09. The van der Waals surface area contributed by atoms with Crippen LogP contribution in [0.15, 0.2) is 37.0 Å². The summed E-state index contributed by atoms with van der Waals surface area (Å²) in [4.78, 5) is 1.30. The first-order valence-electron chi connectivity index (χ1n) is 4.53. The molecule has 0 saturated heterocycles. The van der Waals surface area contributed by atoms with E-state index in [1.807, 2.05) is 18.2 Å². The number of benzene rings is 1. The maximum Gasteiger partial charge on any atom is 0.0887 e. The molecule has 0 amide bonds. The van der Waals surface area contributed by atoms with Crippen molar-refractivity contribution in [2.24, 2.45) is 0 Å². The number of hydrogen-bond donors (Lipinski definition) is 0. The summed E-state index contributed by atoms with van der Waals surface area (Å²) in [5, 5.41) is 0.751. The van der Waals surface area contributed by atoms with Gasteiger partial charge >= 0.3 is 0 Å². The minimum absolute atomic E-state index is 0.128. The van der Waals surface area contributed by atoms with Crippen molar-refractivity contribution in [2.45, 2.75) is 4.83 Å². The van der Waals surface area contributed by atoms with Crippen LogP contribution < -0.4 is 0 Å². The highest BCUT2D eigenvalue weighted by molar-refractivity contribution is 9.11. The third kappa shape index (κ3) is 3.37. The van der Waals surface area contributed by atoms with Gasteiger partial charge in [0.15, 0.2) is 0 Å². The van der Waals surface area contributed by atoms with Gasteiger partial charge in [0, 0.05) is 13.8 Å². The second-order valence-electron chi connectivity index (χ2n) is 3.30. The molecule has 0 spiro atoms. The molecule has 1 heterocycles. The van der Waals surface area contributed by atoms with Gasteiger partial charge in [-0.3, -0.25) is 0 Å². The molecular formula is C11H5Br4ClS. The molecule has 0 aliphatic rings. The lowest BCUT2D eigenvalue weighted by Gasteiger charge is -2.10. The SMILES string of the molecule is Clc1cc(C(Br)c2cc(Br)ccc2Br)sc1Br. The van der Waals surface area contributed by atoms with Crippen LogP contribution in [0.25, 0.3) is 0 Å². The van der Waals surface area contributed by atoms with Gasteiger partial charge in [0.05, 0.1) is 13.6 Å². The van der Waals surface area contributed by atoms with E-state index >= 15 is 0 Å². The second-order valence-corrected chi connectivity index (χ2v) is 8.79. The largest absolute Gasteiger partial charge is 0.130 e. The van der Waals surface area contributed by atoms with E-state index in [2.05, 4.69) is 69.8 Å². The number of hydrogen-bond acceptors (Lipinski definition) is 1. The average Bonchev–Trinajstić information content (AvgIpc) is 2.62. The fraction of sp³-hybridized carbons (Fsp3) is 0.0909. The minimum atomic E-state index is 0.128. The van der Waals surface area contributed by atoms with E-state index in [1.165, 1.54) is 10.4 Å². The zero-order chi connectivity index (χ0) is 12.6. The fourth-order valence-corrected chi connectivity index (χ4v) is 5.05. The van der Waals surface area contributed by atoms with Gasteiger partial charge in [0.2, 0.25) is 0 Å². The lowest BCUT2D eigenvalue weighted by atomic mass is 10.1. The number of alkyl halides is 1. The Labute approximate surface area is 142 Å². The van der Waals surface area contributed by atoms with Gasteiger partial charge in [0.25, 0.3) is 0 Å². The molecule has 2 rings (SSSR count). The van der Waals surface area contributed by atoms with E-state index in [0.29, 0.717) is 0 Å². The Bertz CT molecular complexity index is 533. The molecule has 17 heavy (non-hydrogen) atoms. The molecule has 0 bridgehead atoms. The van der Waals surface area contributed by atoms with Crippen molar-refractivity contribution in [2.75, 3.05) is 0 Å². The summed E-state index contributed by atoms with van der Waals surface area (Å²) in [5.41, 5.74) is 1.17. The summed E-state index contributed by atoms with van der Waals surface area (Å²) in [6.07, 6.45) is 0. The minimum Gasteiger partial charge on any atom is -0.130 e. The molecule has 2 aromatic rings. The summed E-state index contributed by atoms with van der Waals surface area (Å²) in [5.74, 6) is 0. The van der Waals surface area contributed by atoms with Gasteiger partial charge in [-0.25, -0.2) is 0 Å². The topological polar surface area (TPSA) is 0 Å². The van der Waals surface area contributed by atoms with Crippen LogP contribution in [0.3, 0.4) is 0 Å². The third-order valence-corrected chi connectivity index (χ3v) is 7.19. The maximum atomic E-state index is 6.05. The standard InChI is InChI=1S/C11H5Br4ClS/c12-5-1-2-7(13)6(3-5)10(14)9-4-8(16)11(15)17-9/h1-4,10H. The van der Waals surface area contributed by atoms with Crippen molar-refractivity contribution in [1.82, 2.24) is 0 Å². The van der Waals surface area contributed by atoms with E-state index < -0.39 is 0 Å². The smallest absolute Gasteiger partial charge is 0.0887 e. The lowest BCUT2D eigenvalue weighted by molar-refractivity contribution is 1.20. The van der Waals surface area contributed by atoms with Gasteiger partial charge in [-0.1, -0.05) is 59.4 Å². The monoisotopic (exact) mass is 520 g/mol. The molecule has 0 saturated carbocycles. The Balaban J connectivity index is 2.42. The molecule has 1 unspecified atom stereocenters. The van der Waals surface area contributed by atoms with E-state index in [4.69, 9.17) is 11.6 Å². The summed E-state index contributed by atoms with van der Waals surface area (Å²) in [6, 6.07) is 8.09. The van der Waals surface area contributed by atoms with Gasteiger partial charge in [-0.15, -0.1) is 11.3 Å². The first kappa shape index (κ1) is 14.5. The van der Waals surface area contributed by atoms with Gasteiger partial charge < -0.3 is 0 Å². The normalized spacial score (nSPS) is 12.8. The molecule has 1 atom stereocenters. The molecule has 0 nitrogen and oxygen atoms in total. The summed E-state index contributed by atoms with van der Waals surface area (Å²) in [6.45, 7) is 0. The van der Waals surface area contributed by atoms with Gasteiger partial charge in [-0.05, 0) is 45.8 Å². The van der Waals surface area contributed by atoms with E-state index in [0.717, 1.165) is 17.8 Å². The Morgan fingerprint density at radius 1 is 1.12 bits per heavy atom. The molecule has 90 valence electrons. The van der Waals surface area contributed by atoms with Crippen LogP contribution in [0.4, 0.5) is 0 Å². The predicted octanol–water partition coefficient (Wildman–Crippen LogP) is 7.17. The third-order valence-electron chi connectivity index (χ3n) is 2.15. The van der Waals surface area contributed by atoms with Crippen molar-refractivity contribution in [3.8, 4) is 0 Å². The highest BCUT2D eigenvalue weighted by Gasteiger charge is 2.17. The van der Waals surface area contributed by atoms with Gasteiger partial charge in [-0.2, -0.15) is 0 Å². The lowest BCUT2D eigenvalue weighted by Crippen LogP contribution is -1.91. The fourth-order valence-electron chi connectivity index (χ4n) is 1.35. The van der Waals surface area contributed by atoms with Crippen LogP contribution in [0.2, 0.25) is 5.02 Å². The molecule has 6 heteroatoms. The number of halogens is 5. The quantitative estimate of drug-likeness (QED) is 0.366.